The third kappa shape index (κ3) is 2.81. The molecule has 0 spiro atoms. The van der Waals surface area contributed by atoms with E-state index in [9.17, 15) is 0 Å². The molecule has 2 heterocycles. The lowest BCUT2D eigenvalue weighted by Gasteiger charge is -2.07. The number of rotatable bonds is 5. The van der Waals surface area contributed by atoms with Gasteiger partial charge in [0.05, 0.1) is 11.6 Å². The van der Waals surface area contributed by atoms with E-state index in [0.29, 0.717) is 23.1 Å². The number of ether oxygens (including phenoxy) is 2. The number of hydrogen-bond donors (Lipinski definition) is 1. The Balaban J connectivity index is 1.76. The second-order valence-corrected chi connectivity index (χ2v) is 5.80. The Morgan fingerprint density at radius 3 is 3.00 bits per heavy atom. The molecule has 0 saturated heterocycles. The van der Waals surface area contributed by atoms with Crippen LogP contribution < -0.4 is 15.2 Å². The maximum atomic E-state index is 6.18. The van der Waals surface area contributed by atoms with Gasteiger partial charge in [0.25, 0.3) is 0 Å². The summed E-state index contributed by atoms with van der Waals surface area (Å²) >= 11 is 7.77. The number of nitrogens with zero attached hydrogens (tertiary/aromatic N) is 3. The number of fused-ring (bicyclic) bond motifs is 1. The van der Waals surface area contributed by atoms with E-state index < -0.39 is 0 Å². The Hall–Kier alpha value is -1.44. The second kappa shape index (κ2) is 6.13. The van der Waals surface area contributed by atoms with E-state index in [4.69, 9.17) is 26.8 Å². The molecule has 1 aliphatic rings. The van der Waals surface area contributed by atoms with Gasteiger partial charge in [-0.15, -0.1) is 10.2 Å². The normalized spacial score (nSPS) is 12.9. The lowest BCUT2D eigenvalue weighted by molar-refractivity contribution is 0.174. The van der Waals surface area contributed by atoms with Crippen molar-refractivity contribution in [2.45, 2.75) is 30.9 Å². The summed E-state index contributed by atoms with van der Waals surface area (Å²) in [6, 6.07) is 3.83. The van der Waals surface area contributed by atoms with Crippen LogP contribution in [-0.4, -0.2) is 21.6 Å². The van der Waals surface area contributed by atoms with Gasteiger partial charge in [0.15, 0.2) is 16.7 Å². The average Bonchev–Trinajstić information content (AvgIpc) is 3.10. The number of nitrogens with two attached hydrogens (primary N) is 1. The van der Waals surface area contributed by atoms with Gasteiger partial charge in [-0.1, -0.05) is 23.4 Å². The fourth-order valence-electron chi connectivity index (χ4n) is 2.15. The molecule has 0 saturated carbocycles. The third-order valence-electron chi connectivity index (χ3n) is 3.15. The van der Waals surface area contributed by atoms with Crippen LogP contribution in [0.15, 0.2) is 17.3 Å². The molecule has 0 amide bonds. The minimum Gasteiger partial charge on any atom is -0.454 e. The SMILES string of the molecule is CCn1c(CN)nnc1SCc1cc(Cl)c2c(c1)OCO2. The summed E-state index contributed by atoms with van der Waals surface area (Å²) in [4.78, 5) is 0. The van der Waals surface area contributed by atoms with Gasteiger partial charge in [-0.3, -0.25) is 0 Å². The van der Waals surface area contributed by atoms with Gasteiger partial charge >= 0.3 is 0 Å². The smallest absolute Gasteiger partial charge is 0.231 e. The van der Waals surface area contributed by atoms with E-state index in [1.807, 2.05) is 23.6 Å². The topological polar surface area (TPSA) is 75.2 Å². The standard InChI is InChI=1S/C13H15ClN4O2S/c1-2-18-11(5-15)16-17-13(18)21-6-8-3-9(14)12-10(4-8)19-7-20-12/h3-4H,2,5-7,15H2,1H3. The Morgan fingerprint density at radius 2 is 2.24 bits per heavy atom. The van der Waals surface area contributed by atoms with Crippen molar-refractivity contribution in [2.75, 3.05) is 6.79 Å². The van der Waals surface area contributed by atoms with Gasteiger partial charge in [-0.05, 0) is 24.6 Å². The molecule has 112 valence electrons. The molecule has 0 atom stereocenters. The van der Waals surface area contributed by atoms with E-state index in [1.165, 1.54) is 0 Å². The van der Waals surface area contributed by atoms with Crippen molar-refractivity contribution < 1.29 is 9.47 Å². The van der Waals surface area contributed by atoms with E-state index in [-0.39, 0.29) is 6.79 Å². The molecule has 2 N–H and O–H groups in total. The zero-order valence-corrected chi connectivity index (χ0v) is 13.1. The fourth-order valence-corrected chi connectivity index (χ4v) is 3.39. The largest absolute Gasteiger partial charge is 0.454 e. The Morgan fingerprint density at radius 1 is 1.38 bits per heavy atom. The summed E-state index contributed by atoms with van der Waals surface area (Å²) in [5, 5.41) is 9.69. The fraction of sp³-hybridized carbons (Fsp3) is 0.385. The number of benzene rings is 1. The lowest BCUT2D eigenvalue weighted by atomic mass is 10.2. The molecule has 6 nitrogen and oxygen atoms in total. The molecule has 1 aliphatic heterocycles. The maximum Gasteiger partial charge on any atom is 0.231 e. The van der Waals surface area contributed by atoms with Gasteiger partial charge < -0.3 is 19.8 Å². The molecule has 0 unspecified atom stereocenters. The molecule has 21 heavy (non-hydrogen) atoms. The first kappa shape index (κ1) is 14.5. The monoisotopic (exact) mass is 326 g/mol. The highest BCUT2D eigenvalue weighted by atomic mass is 35.5. The van der Waals surface area contributed by atoms with Crippen LogP contribution in [0.25, 0.3) is 0 Å². The van der Waals surface area contributed by atoms with Gasteiger partial charge in [-0.25, -0.2) is 0 Å². The van der Waals surface area contributed by atoms with Crippen LogP contribution in [-0.2, 0) is 18.8 Å². The van der Waals surface area contributed by atoms with E-state index in [2.05, 4.69) is 10.2 Å². The molecular weight excluding hydrogens is 312 g/mol. The molecular formula is C13H15ClN4O2S. The summed E-state index contributed by atoms with van der Waals surface area (Å²) in [7, 11) is 0. The van der Waals surface area contributed by atoms with Crippen LogP contribution in [0, 0.1) is 0 Å². The van der Waals surface area contributed by atoms with Crippen molar-refractivity contribution in [1.29, 1.82) is 0 Å². The third-order valence-corrected chi connectivity index (χ3v) is 4.47. The quantitative estimate of drug-likeness (QED) is 0.850. The highest BCUT2D eigenvalue weighted by Gasteiger charge is 2.18. The van der Waals surface area contributed by atoms with Crippen molar-refractivity contribution in [3.63, 3.8) is 0 Å². The first-order chi connectivity index (χ1) is 10.2. The summed E-state index contributed by atoms with van der Waals surface area (Å²) in [5.74, 6) is 2.83. The van der Waals surface area contributed by atoms with E-state index >= 15 is 0 Å². The zero-order chi connectivity index (χ0) is 14.8. The first-order valence-corrected chi connectivity index (χ1v) is 7.92. The van der Waals surface area contributed by atoms with Crippen LogP contribution >= 0.6 is 23.4 Å². The van der Waals surface area contributed by atoms with E-state index in [1.54, 1.807) is 11.8 Å². The van der Waals surface area contributed by atoms with Crippen molar-refractivity contribution >= 4 is 23.4 Å². The van der Waals surface area contributed by atoms with Crippen molar-refractivity contribution in [1.82, 2.24) is 14.8 Å². The van der Waals surface area contributed by atoms with Crippen molar-refractivity contribution in [3.8, 4) is 11.5 Å². The summed E-state index contributed by atoms with van der Waals surface area (Å²) < 4.78 is 12.7. The van der Waals surface area contributed by atoms with Crippen molar-refractivity contribution in [3.05, 3.63) is 28.5 Å². The second-order valence-electron chi connectivity index (χ2n) is 4.45. The van der Waals surface area contributed by atoms with Crippen LogP contribution in [0.4, 0.5) is 0 Å². The number of hydrogen-bond acceptors (Lipinski definition) is 6. The number of thioether (sulfide) groups is 1. The van der Waals surface area contributed by atoms with Crippen LogP contribution in [0.1, 0.15) is 18.3 Å². The Labute approximate surface area is 131 Å². The highest BCUT2D eigenvalue weighted by Crippen LogP contribution is 2.40. The molecule has 0 radical (unpaired) electrons. The summed E-state index contributed by atoms with van der Waals surface area (Å²) in [5.41, 5.74) is 6.70. The predicted molar refractivity (Wildman–Crippen MR) is 80.7 cm³/mol. The lowest BCUT2D eigenvalue weighted by Crippen LogP contribution is -2.08. The molecule has 0 fully saturated rings. The Kier molecular flexibility index (Phi) is 4.23. The van der Waals surface area contributed by atoms with Crippen LogP contribution in [0.3, 0.4) is 0 Å². The van der Waals surface area contributed by atoms with E-state index in [0.717, 1.165) is 28.8 Å². The Bertz CT molecular complexity index is 662. The zero-order valence-electron chi connectivity index (χ0n) is 11.5. The molecule has 1 aromatic heterocycles. The highest BCUT2D eigenvalue weighted by molar-refractivity contribution is 7.98. The molecule has 0 bridgehead atoms. The van der Waals surface area contributed by atoms with Gasteiger partial charge in [0.2, 0.25) is 6.79 Å². The van der Waals surface area contributed by atoms with Crippen LogP contribution in [0.5, 0.6) is 11.5 Å². The first-order valence-electron chi connectivity index (χ1n) is 6.56. The number of aromatic nitrogens is 3. The molecule has 0 aliphatic carbocycles. The number of halogens is 1. The minimum atomic E-state index is 0.218. The van der Waals surface area contributed by atoms with Gasteiger partial charge in [0, 0.05) is 12.3 Å². The molecule has 2 aromatic rings. The average molecular weight is 327 g/mol. The molecule has 1 aromatic carbocycles. The summed E-state index contributed by atoms with van der Waals surface area (Å²) in [6.45, 7) is 3.45. The van der Waals surface area contributed by atoms with Gasteiger partial charge in [-0.2, -0.15) is 0 Å². The molecule has 3 rings (SSSR count). The maximum absolute atomic E-state index is 6.18. The van der Waals surface area contributed by atoms with Crippen molar-refractivity contribution in [2.24, 2.45) is 5.73 Å². The molecule has 8 heteroatoms. The minimum absolute atomic E-state index is 0.218. The summed E-state index contributed by atoms with van der Waals surface area (Å²) in [6.07, 6.45) is 0. The predicted octanol–water partition coefficient (Wildman–Crippen LogP) is 2.43. The van der Waals surface area contributed by atoms with Gasteiger partial charge in [0.1, 0.15) is 5.82 Å². The van der Waals surface area contributed by atoms with Crippen LogP contribution in [0.2, 0.25) is 5.02 Å².